The van der Waals surface area contributed by atoms with E-state index in [9.17, 15) is 32.8 Å². The van der Waals surface area contributed by atoms with Gasteiger partial charge in [-0.2, -0.15) is 23.3 Å². The fraction of sp³-hybridized carbons (Fsp3) is 0.104. The molecule has 0 aliphatic carbocycles. The van der Waals surface area contributed by atoms with Gasteiger partial charge in [-0.25, -0.2) is 32.9 Å². The van der Waals surface area contributed by atoms with E-state index >= 15 is 0 Å². The quantitative estimate of drug-likeness (QED) is 0.00899. The van der Waals surface area contributed by atoms with Crippen molar-refractivity contribution in [3.05, 3.63) is 288 Å². The molecular formula is C77H65Cl2F2LiN10O10S6Y2-2. The Morgan fingerprint density at radius 1 is 0.518 bits per heavy atom. The van der Waals surface area contributed by atoms with E-state index < -0.39 is 29.5 Å². The van der Waals surface area contributed by atoms with Gasteiger partial charge in [-0.1, -0.05) is 133 Å². The van der Waals surface area contributed by atoms with Crippen LogP contribution in [0.5, 0.6) is 0 Å². The number of fused-ring (bicyclic) bond motifs is 4. The number of ether oxygens (including phenoxy) is 3. The van der Waals surface area contributed by atoms with Gasteiger partial charge in [-0.05, 0) is 148 Å². The minimum Gasteiger partial charge on any atom is -0.870 e. The van der Waals surface area contributed by atoms with Crippen LogP contribution in [0.15, 0.2) is 209 Å². The molecule has 0 atom stereocenters. The molecule has 14 aromatic rings. The van der Waals surface area contributed by atoms with Crippen molar-refractivity contribution in [1.82, 2.24) is 29.9 Å². The number of anilines is 4. The number of aromatic carboxylic acids is 1. The number of nitrogen functional groups attached to an aromatic ring is 3. The fourth-order valence-corrected chi connectivity index (χ4v) is 14.5. The number of thioether (sulfide) groups is 3. The molecule has 4 heterocycles. The van der Waals surface area contributed by atoms with Crippen LogP contribution in [0.4, 0.5) is 31.5 Å². The molecule has 1 amide bonds. The standard InChI is InChI=1S/C22H19N4OS.C16H11ClFNO2S2.C16H13N2O2S.C10H10O4.C7H3ClFNS2.C6H8N2.Li.H2O.2Y/c1-14-6-11-19-20(12-14)26-22(25-19)28-13-15-7-9-16(10-8-15)21(27)24-18-5-3-2-4-17(18)23;1-21-15(20)10-4-2-9(3-5-10)8-22-16-19-13-7-12(18)11(17)6-14(13)23-16;1-10-2-7-13-14(8-10)18-16(17-13)21-9-11-3-5-12(6-4-11)15(19)20;1-13-9(11)7-3-5-8(6-4-7)10(12)14-2;8-3-1-6-5(2-4(3)9)10-7(11)12-6;7-5-3-1-2-4-6(5)8;;;;/h2-5,7-12H,13,23H2,1H3,(H,24,27)(H,25,26);2-7H,8H2,1H3;3-8H,9H2,1H3,(H,17,18)(H,19,20);3-6H,1-2H3;1-2H,(H,10,11);1-4H,7-8H2;;1H2;;/q-1;;-1;;;;+1;;;/p-1. The van der Waals surface area contributed by atoms with Crippen molar-refractivity contribution in [2.24, 2.45) is 0 Å². The van der Waals surface area contributed by atoms with Gasteiger partial charge in [0.15, 0.2) is 18.6 Å². The maximum absolute atomic E-state index is 13.4. The summed E-state index contributed by atoms with van der Waals surface area (Å²) in [7, 11) is 3.96. The minimum absolute atomic E-state index is 0. The van der Waals surface area contributed by atoms with Gasteiger partial charge >= 0.3 is 42.7 Å². The Balaban J connectivity index is 0.000000243. The van der Waals surface area contributed by atoms with Gasteiger partial charge in [0, 0.05) is 100 Å². The largest absolute Gasteiger partial charge is 1.00 e. The second-order valence-corrected chi connectivity index (χ2v) is 29.1. The number of imidazole rings is 2. The Hall–Kier alpha value is -7.85. The van der Waals surface area contributed by atoms with Crippen molar-refractivity contribution in [2.75, 3.05) is 43.8 Å². The molecule has 0 aliphatic heterocycles. The van der Waals surface area contributed by atoms with Gasteiger partial charge < -0.3 is 62.3 Å². The van der Waals surface area contributed by atoms with Crippen LogP contribution in [-0.2, 0) is 96.9 Å². The van der Waals surface area contributed by atoms with Crippen molar-refractivity contribution in [1.29, 1.82) is 0 Å². The van der Waals surface area contributed by atoms with Crippen molar-refractivity contribution < 1.29 is 142 Å². The Kier molecular flexibility index (Phi) is 38.5. The molecular weight excluding hydrogens is 1710 g/mol. The topological polar surface area (TPSA) is 339 Å². The van der Waals surface area contributed by atoms with Gasteiger partial charge in [-0.3, -0.25) is 14.8 Å². The molecule has 0 saturated carbocycles. The number of amides is 1. The number of nitrogens with one attached hydrogen (secondary N) is 4. The van der Waals surface area contributed by atoms with E-state index in [1.165, 1.54) is 80.4 Å². The third-order valence-corrected chi connectivity index (χ3v) is 20.7. The molecule has 0 bridgehead atoms. The summed E-state index contributed by atoms with van der Waals surface area (Å²) in [6, 6.07) is 62.2. The minimum atomic E-state index is -0.905. The van der Waals surface area contributed by atoms with Crippen molar-refractivity contribution in [3.63, 3.8) is 0 Å². The summed E-state index contributed by atoms with van der Waals surface area (Å²) < 4.78 is 43.2. The first-order valence-electron chi connectivity index (χ1n) is 31.4. The summed E-state index contributed by atoms with van der Waals surface area (Å²) in [5.41, 5.74) is 31.9. The number of rotatable bonds is 15. The summed E-state index contributed by atoms with van der Waals surface area (Å²) in [4.78, 5) is 79.5. The van der Waals surface area contributed by atoms with Crippen LogP contribution in [0.1, 0.15) is 79.6 Å². The third kappa shape index (κ3) is 27.5. The normalized spacial score (nSPS) is 10.2. The Labute approximate surface area is 729 Å². The average molecular weight is 1780 g/mol. The molecule has 14 rings (SSSR count). The number of nitrogens with zero attached hydrogens (tertiary/aromatic N) is 3. The van der Waals surface area contributed by atoms with Crippen molar-refractivity contribution >= 4 is 188 Å². The number of methoxy groups -OCH3 is 3. The van der Waals surface area contributed by atoms with Gasteiger partial charge in [0.1, 0.15) is 11.6 Å². The summed E-state index contributed by atoms with van der Waals surface area (Å²) in [5.74, 6) is -0.973. The predicted octanol–water partition coefficient (Wildman–Crippen LogP) is 16.3. The molecule has 12 N–H and O–H groups in total. The molecule has 4 aromatic heterocycles. The number of aromatic amines is 3. The van der Waals surface area contributed by atoms with Crippen LogP contribution in [0.25, 0.3) is 42.5 Å². The number of carboxylic acids is 1. The number of nitrogens with two attached hydrogens (primary N) is 3. The predicted molar refractivity (Wildman–Crippen MR) is 427 cm³/mol. The first-order chi connectivity index (χ1) is 50.9. The second kappa shape index (κ2) is 45.6. The number of carboxylic acid groups (broad SMARTS) is 1. The monoisotopic (exact) mass is 1770 g/mol. The molecule has 0 aliphatic rings. The molecule has 0 unspecified atom stereocenters. The van der Waals surface area contributed by atoms with E-state index in [2.05, 4.69) is 61.6 Å². The number of hydrogen-bond donors (Lipinski definition) is 8. The number of benzene rings is 10. The molecule has 0 saturated heterocycles. The first kappa shape index (κ1) is 92.7. The van der Waals surface area contributed by atoms with Crippen LogP contribution in [0.2, 0.25) is 10.0 Å². The zero-order chi connectivity index (χ0) is 76.0. The summed E-state index contributed by atoms with van der Waals surface area (Å²) in [5, 5.41) is 13.7. The number of carbonyl (C=O) groups is 5. The number of para-hydroxylation sites is 4. The number of carbonyl (C=O) groups excluding carboxylic acids is 4. The van der Waals surface area contributed by atoms with Crippen LogP contribution in [-0.4, -0.2) is 91.6 Å². The number of H-pyrrole nitrogens is 3. The number of thiazole rings is 2. The van der Waals surface area contributed by atoms with Gasteiger partial charge in [0.2, 0.25) is 0 Å². The number of halogens is 4. The molecule has 0 spiro atoms. The van der Waals surface area contributed by atoms with Crippen LogP contribution in [0, 0.1) is 41.6 Å². The summed E-state index contributed by atoms with van der Waals surface area (Å²) >= 11 is 23.9. The molecule has 2 radical (unpaired) electrons. The number of esters is 3. The smallest absolute Gasteiger partial charge is 0.870 e. The summed E-state index contributed by atoms with van der Waals surface area (Å²) in [6.07, 6.45) is 0. The Morgan fingerprint density at radius 3 is 1.35 bits per heavy atom. The SMILES string of the molecule is COC(=O)c1ccc(C(=O)OC)cc1.COC(=O)c1ccc(CSc2nc3cc(F)c(Cl)cc3s2)cc1.Cc1[c-]cc2nc(SCc3ccc(C(=O)Nc4ccccc4N)cc3)[nH]c2c1.Cc1[c-]cc2nc(SCc3ccc(C(=O)O)cc3)[nH]c2c1.Fc1cc2[nH]c(=S)sc2cc1Cl.Nc1ccccc1N.[Li+].[OH-].[Y].[Y]. The molecule has 556 valence electrons. The first-order valence-corrected chi connectivity index (χ1v) is 37.2. The molecule has 110 heavy (non-hydrogen) atoms. The van der Waals surface area contributed by atoms with E-state index in [1.807, 2.05) is 111 Å². The molecule has 0 fully saturated rings. The maximum Gasteiger partial charge on any atom is 1.00 e. The zero-order valence-electron chi connectivity index (χ0n) is 59.4. The Bertz CT molecular complexity index is 5360. The number of hydrogen-bond acceptors (Lipinski definition) is 21. The third-order valence-electron chi connectivity index (χ3n) is 14.8. The fourth-order valence-electron chi connectivity index (χ4n) is 9.21. The van der Waals surface area contributed by atoms with E-state index in [0.717, 1.165) is 85.4 Å². The van der Waals surface area contributed by atoms with E-state index in [4.69, 9.17) is 57.7 Å². The zero-order valence-corrected chi connectivity index (χ0v) is 71.5. The van der Waals surface area contributed by atoms with Crippen LogP contribution >= 0.6 is 93.4 Å². The average Bonchev–Trinajstić information content (AvgIpc) is 1.10. The van der Waals surface area contributed by atoms with Gasteiger partial charge in [0.25, 0.3) is 5.91 Å². The van der Waals surface area contributed by atoms with Crippen LogP contribution < -0.4 is 41.4 Å². The number of aromatic nitrogens is 6. The van der Waals surface area contributed by atoms with Gasteiger partial charge in [-0.15, -0.1) is 46.9 Å². The molecule has 33 heteroatoms. The van der Waals surface area contributed by atoms with E-state index in [0.29, 0.717) is 71.3 Å². The number of aryl methyl sites for hydroxylation is 2. The van der Waals surface area contributed by atoms with Crippen molar-refractivity contribution in [3.8, 4) is 0 Å². The van der Waals surface area contributed by atoms with Gasteiger partial charge in [0.05, 0.1) is 96.8 Å². The van der Waals surface area contributed by atoms with Crippen LogP contribution in [0.3, 0.4) is 0 Å². The second-order valence-electron chi connectivity index (χ2n) is 22.4. The maximum atomic E-state index is 13.4. The van der Waals surface area contributed by atoms with E-state index in [1.54, 1.807) is 95.9 Å². The Morgan fingerprint density at radius 2 is 0.918 bits per heavy atom. The molecule has 20 nitrogen and oxygen atoms in total. The summed E-state index contributed by atoms with van der Waals surface area (Å²) in [6.45, 7) is 4.01. The van der Waals surface area contributed by atoms with E-state index in [-0.39, 0.29) is 112 Å². The van der Waals surface area contributed by atoms with Crippen molar-refractivity contribution in [2.45, 2.75) is 45.8 Å². The molecule has 10 aromatic carbocycles.